The van der Waals surface area contributed by atoms with Gasteiger partial charge in [-0.05, 0) is 30.7 Å². The van der Waals surface area contributed by atoms with Crippen LogP contribution in [0, 0.1) is 0 Å². The molecule has 1 aromatic heterocycles. The number of ether oxygens (including phenoxy) is 2. The van der Waals surface area contributed by atoms with Crippen LogP contribution in [0.4, 0.5) is 0 Å². The van der Waals surface area contributed by atoms with Crippen LogP contribution in [0.1, 0.15) is 12.2 Å². The third-order valence-corrected chi connectivity index (χ3v) is 4.80. The largest absolute Gasteiger partial charge is 0.486 e. The number of fused-ring (bicyclic) bond motifs is 1. The van der Waals surface area contributed by atoms with Crippen LogP contribution in [0.5, 0.6) is 5.75 Å². The van der Waals surface area contributed by atoms with E-state index in [-0.39, 0.29) is 0 Å². The predicted octanol–water partition coefficient (Wildman–Crippen LogP) is 3.34. The molecule has 0 aliphatic carbocycles. The zero-order valence-corrected chi connectivity index (χ0v) is 15.0. The first-order chi connectivity index (χ1) is 12.9. The Labute approximate surface area is 154 Å². The lowest BCUT2D eigenvalue weighted by Crippen LogP contribution is -2.37. The topological polar surface area (TPSA) is 39.5 Å². The summed E-state index contributed by atoms with van der Waals surface area (Å²) in [5.41, 5.74) is 2.21. The summed E-state index contributed by atoms with van der Waals surface area (Å²) in [5, 5.41) is 0. The number of imidazole rings is 1. The average Bonchev–Trinajstić information content (AvgIpc) is 3.06. The number of hydrogen-bond acceptors (Lipinski definition) is 4. The minimum Gasteiger partial charge on any atom is -0.486 e. The van der Waals surface area contributed by atoms with E-state index in [0.717, 1.165) is 62.9 Å². The first kappa shape index (κ1) is 17.1. The smallest absolute Gasteiger partial charge is 0.147 e. The van der Waals surface area contributed by atoms with Gasteiger partial charge in [-0.2, -0.15) is 0 Å². The molecule has 1 saturated heterocycles. The lowest BCUT2D eigenvalue weighted by atomic mass is 10.3. The summed E-state index contributed by atoms with van der Waals surface area (Å²) >= 11 is 0. The molecule has 4 rings (SSSR count). The fourth-order valence-corrected chi connectivity index (χ4v) is 3.43. The molecule has 2 aromatic carbocycles. The van der Waals surface area contributed by atoms with Crippen molar-refractivity contribution in [2.24, 2.45) is 0 Å². The highest BCUT2D eigenvalue weighted by Gasteiger charge is 2.13. The Hall–Kier alpha value is -2.37. The van der Waals surface area contributed by atoms with Crippen molar-refractivity contribution in [1.82, 2.24) is 14.5 Å². The van der Waals surface area contributed by atoms with Crippen molar-refractivity contribution in [2.45, 2.75) is 19.6 Å². The third kappa shape index (κ3) is 4.06. The highest BCUT2D eigenvalue weighted by atomic mass is 16.5. The van der Waals surface area contributed by atoms with Crippen LogP contribution in [0.2, 0.25) is 0 Å². The van der Waals surface area contributed by atoms with E-state index >= 15 is 0 Å². The average molecular weight is 351 g/mol. The maximum Gasteiger partial charge on any atom is 0.147 e. The normalized spacial score (nSPS) is 15.4. The van der Waals surface area contributed by atoms with Crippen molar-refractivity contribution in [3.63, 3.8) is 0 Å². The van der Waals surface area contributed by atoms with Crippen LogP contribution < -0.4 is 4.74 Å². The molecule has 1 fully saturated rings. The van der Waals surface area contributed by atoms with Crippen LogP contribution in [-0.2, 0) is 17.9 Å². The van der Waals surface area contributed by atoms with Gasteiger partial charge in [-0.1, -0.05) is 30.3 Å². The van der Waals surface area contributed by atoms with Crippen molar-refractivity contribution < 1.29 is 9.47 Å². The standard InChI is InChI=1S/C21H25N3O2/c1-2-7-18(8-3-1)26-17-21-22-19-9-4-5-10-20(19)24(21)12-6-11-23-13-15-25-16-14-23/h1-5,7-10H,6,11-17H2. The summed E-state index contributed by atoms with van der Waals surface area (Å²) in [6, 6.07) is 18.2. The summed E-state index contributed by atoms with van der Waals surface area (Å²) in [6.07, 6.45) is 1.10. The fraction of sp³-hybridized carbons (Fsp3) is 0.381. The Kier molecular flexibility index (Phi) is 5.47. The van der Waals surface area contributed by atoms with Gasteiger partial charge >= 0.3 is 0 Å². The number of aryl methyl sites for hydroxylation is 1. The van der Waals surface area contributed by atoms with Gasteiger partial charge in [0.2, 0.25) is 0 Å². The molecule has 0 atom stereocenters. The summed E-state index contributed by atoms with van der Waals surface area (Å²) in [7, 11) is 0. The van der Waals surface area contributed by atoms with Gasteiger partial charge in [0.1, 0.15) is 18.2 Å². The molecule has 0 amide bonds. The summed E-state index contributed by atoms with van der Waals surface area (Å²) in [5.74, 6) is 1.86. The third-order valence-electron chi connectivity index (χ3n) is 4.80. The van der Waals surface area contributed by atoms with Crippen molar-refractivity contribution in [1.29, 1.82) is 0 Å². The molecule has 0 bridgehead atoms. The van der Waals surface area contributed by atoms with Crippen LogP contribution >= 0.6 is 0 Å². The van der Waals surface area contributed by atoms with Crippen molar-refractivity contribution in [3.8, 4) is 5.75 Å². The molecule has 1 aliphatic rings. The van der Waals surface area contributed by atoms with Gasteiger partial charge in [0.15, 0.2) is 0 Å². The second kappa shape index (κ2) is 8.34. The fourth-order valence-electron chi connectivity index (χ4n) is 3.43. The summed E-state index contributed by atoms with van der Waals surface area (Å²) in [4.78, 5) is 7.27. The van der Waals surface area contributed by atoms with Crippen molar-refractivity contribution >= 4 is 11.0 Å². The number of nitrogens with zero attached hydrogens (tertiary/aromatic N) is 3. The summed E-state index contributed by atoms with van der Waals surface area (Å²) < 4.78 is 13.7. The molecule has 5 heteroatoms. The molecule has 0 saturated carbocycles. The molecule has 136 valence electrons. The van der Waals surface area contributed by atoms with Gasteiger partial charge in [0, 0.05) is 26.2 Å². The van der Waals surface area contributed by atoms with Crippen molar-refractivity contribution in [2.75, 3.05) is 32.8 Å². The second-order valence-corrected chi connectivity index (χ2v) is 6.58. The molecular formula is C21H25N3O2. The number of benzene rings is 2. The summed E-state index contributed by atoms with van der Waals surface area (Å²) in [6.45, 7) is 6.30. The number of para-hydroxylation sites is 3. The number of aromatic nitrogens is 2. The molecule has 0 radical (unpaired) electrons. The Balaban J connectivity index is 1.46. The van der Waals surface area contributed by atoms with Gasteiger partial charge in [0.25, 0.3) is 0 Å². The molecule has 0 unspecified atom stereocenters. The lowest BCUT2D eigenvalue weighted by Gasteiger charge is -2.26. The minimum atomic E-state index is 0.482. The van der Waals surface area contributed by atoms with E-state index in [9.17, 15) is 0 Å². The first-order valence-corrected chi connectivity index (χ1v) is 9.32. The van der Waals surface area contributed by atoms with E-state index in [0.29, 0.717) is 6.61 Å². The van der Waals surface area contributed by atoms with Crippen LogP contribution in [-0.4, -0.2) is 47.3 Å². The van der Waals surface area contributed by atoms with Gasteiger partial charge in [-0.3, -0.25) is 4.90 Å². The van der Waals surface area contributed by atoms with E-state index in [4.69, 9.17) is 14.5 Å². The van der Waals surface area contributed by atoms with Crippen LogP contribution in [0.3, 0.4) is 0 Å². The molecule has 26 heavy (non-hydrogen) atoms. The quantitative estimate of drug-likeness (QED) is 0.654. The molecule has 0 spiro atoms. The molecule has 2 heterocycles. The maximum atomic E-state index is 5.95. The highest BCUT2D eigenvalue weighted by molar-refractivity contribution is 5.75. The Bertz CT molecular complexity index is 826. The van der Waals surface area contributed by atoms with E-state index in [1.807, 2.05) is 36.4 Å². The first-order valence-electron chi connectivity index (χ1n) is 9.32. The van der Waals surface area contributed by atoms with Gasteiger partial charge in [-0.15, -0.1) is 0 Å². The number of rotatable bonds is 7. The molecular weight excluding hydrogens is 326 g/mol. The Morgan fingerprint density at radius 1 is 0.923 bits per heavy atom. The van der Waals surface area contributed by atoms with Gasteiger partial charge in [-0.25, -0.2) is 4.98 Å². The van der Waals surface area contributed by atoms with Gasteiger partial charge in [0.05, 0.1) is 24.2 Å². The molecule has 3 aromatic rings. The Morgan fingerprint density at radius 2 is 1.69 bits per heavy atom. The van der Waals surface area contributed by atoms with Gasteiger partial charge < -0.3 is 14.0 Å². The lowest BCUT2D eigenvalue weighted by molar-refractivity contribution is 0.0369. The maximum absolute atomic E-state index is 5.95. The van der Waals surface area contributed by atoms with E-state index in [1.54, 1.807) is 0 Å². The highest BCUT2D eigenvalue weighted by Crippen LogP contribution is 2.19. The van der Waals surface area contributed by atoms with Crippen LogP contribution in [0.25, 0.3) is 11.0 Å². The number of morpholine rings is 1. The number of hydrogen-bond donors (Lipinski definition) is 0. The SMILES string of the molecule is c1ccc(OCc2nc3ccccc3n2CCCN2CCOCC2)cc1. The monoisotopic (exact) mass is 351 g/mol. The van der Waals surface area contributed by atoms with E-state index < -0.39 is 0 Å². The van der Waals surface area contributed by atoms with Crippen molar-refractivity contribution in [3.05, 3.63) is 60.4 Å². The minimum absolute atomic E-state index is 0.482. The van der Waals surface area contributed by atoms with E-state index in [1.165, 1.54) is 5.52 Å². The van der Waals surface area contributed by atoms with Crippen LogP contribution in [0.15, 0.2) is 54.6 Å². The predicted molar refractivity (Wildman–Crippen MR) is 102 cm³/mol. The van der Waals surface area contributed by atoms with E-state index in [2.05, 4.69) is 27.7 Å². The molecule has 1 aliphatic heterocycles. The second-order valence-electron chi connectivity index (χ2n) is 6.58. The zero-order chi connectivity index (χ0) is 17.6. The Morgan fingerprint density at radius 3 is 2.54 bits per heavy atom. The zero-order valence-electron chi connectivity index (χ0n) is 15.0. The molecule has 5 nitrogen and oxygen atoms in total. The molecule has 0 N–H and O–H groups in total.